The second-order valence-electron chi connectivity index (χ2n) is 28.9. The molecule has 0 amide bonds. The van der Waals surface area contributed by atoms with Crippen LogP contribution in [0.3, 0.4) is 0 Å². The first kappa shape index (κ1) is 68.0. The van der Waals surface area contributed by atoms with E-state index in [2.05, 4.69) is 461 Å². The van der Waals surface area contributed by atoms with E-state index in [0.29, 0.717) is 0 Å². The zero-order valence-electron chi connectivity index (χ0n) is 61.9. The zero-order valence-corrected chi connectivity index (χ0v) is 61.9. The molecule has 0 bridgehead atoms. The van der Waals surface area contributed by atoms with Crippen LogP contribution in [-0.2, 0) is 0 Å². The minimum Gasteiger partial charge on any atom is -0.0622 e. The molecule has 524 valence electrons. The highest BCUT2D eigenvalue weighted by molar-refractivity contribution is 6.29. The summed E-state index contributed by atoms with van der Waals surface area (Å²) < 4.78 is 0. The van der Waals surface area contributed by atoms with Gasteiger partial charge in [0.1, 0.15) is 0 Å². The number of hydrogen-bond acceptors (Lipinski definition) is 0. The van der Waals surface area contributed by atoms with Crippen LogP contribution in [0.15, 0.2) is 413 Å². The molecule has 20 aromatic carbocycles. The standard InChI is InChI=1S/2C56H38/c1-4-17-39(18-5-1)35-37-42-23-12-30-47-44(42)27-14-32-49(47)54-51-25-10-11-26-52(51)56(55-46(29-16-34-53(54)55)41-21-8-3-9-22-41)50-33-15-28-45-43(24-13-31-48(45)50)38-36-40-19-6-2-7-20-40;1-4-13-39(14-5-1)23-25-41-27-29-46-37-48(33-31-44(46)35-41)54-51-19-10-11-20-52(51)55(56-50(21-12-22-53(54)56)43-17-8-3-9-18-43)49-34-32-45-36-42(28-30-47(45)38-49)26-24-40-15-6-2-7-16-40/h2*1-38H/b37-35+,38-36+;25-23+,26-24+. The Bertz CT molecular complexity index is 7050. The van der Waals surface area contributed by atoms with Gasteiger partial charge in [0.15, 0.2) is 0 Å². The summed E-state index contributed by atoms with van der Waals surface area (Å²) in [6.07, 6.45) is 17.7. The van der Waals surface area contributed by atoms with Gasteiger partial charge in [0.05, 0.1) is 0 Å². The molecular formula is C112H76. The normalized spacial score (nSPS) is 11.8. The van der Waals surface area contributed by atoms with Gasteiger partial charge in [-0.1, -0.05) is 437 Å². The third-order valence-electron chi connectivity index (χ3n) is 22.1. The molecular weight excluding hydrogens is 1350 g/mol. The molecule has 20 aromatic rings. The Hall–Kier alpha value is -14.6. The summed E-state index contributed by atoms with van der Waals surface area (Å²) in [5.41, 5.74) is 24.4. The maximum Gasteiger partial charge on any atom is -0.00139 e. The lowest BCUT2D eigenvalue weighted by atomic mass is 9.81. The Morgan fingerprint density at radius 2 is 0.420 bits per heavy atom. The van der Waals surface area contributed by atoms with E-state index in [9.17, 15) is 0 Å². The molecule has 112 heavy (non-hydrogen) atoms. The third-order valence-corrected chi connectivity index (χ3v) is 22.1. The fourth-order valence-corrected chi connectivity index (χ4v) is 16.8. The van der Waals surface area contributed by atoms with Crippen LogP contribution in [0.2, 0.25) is 0 Å². The van der Waals surface area contributed by atoms with Crippen molar-refractivity contribution < 1.29 is 0 Å². The zero-order chi connectivity index (χ0) is 74.5. The first-order chi connectivity index (χ1) is 55.6. The molecule has 0 N–H and O–H groups in total. The van der Waals surface area contributed by atoms with E-state index in [1.165, 1.54) is 197 Å². The second kappa shape index (κ2) is 30.6. The minimum atomic E-state index is 1.19. The molecule has 0 saturated heterocycles. The lowest BCUT2D eigenvalue weighted by Crippen LogP contribution is -1.95. The molecule has 0 aliphatic carbocycles. The molecule has 0 saturated carbocycles. The molecule has 20 rings (SSSR count). The smallest absolute Gasteiger partial charge is 0.00139 e. The Balaban J connectivity index is 0.000000151. The molecule has 0 unspecified atom stereocenters. The summed E-state index contributed by atoms with van der Waals surface area (Å²) in [6, 6.07) is 150. The number of benzene rings is 20. The van der Waals surface area contributed by atoms with Crippen molar-refractivity contribution in [3.05, 3.63) is 457 Å². The van der Waals surface area contributed by atoms with Crippen LogP contribution in [0, 0.1) is 0 Å². The van der Waals surface area contributed by atoms with Gasteiger partial charge < -0.3 is 0 Å². The van der Waals surface area contributed by atoms with Gasteiger partial charge >= 0.3 is 0 Å². The fraction of sp³-hybridized carbons (Fsp3) is 0. The summed E-state index contributed by atoms with van der Waals surface area (Å²) in [5, 5.41) is 19.9. The lowest BCUT2D eigenvalue weighted by molar-refractivity contribution is 1.64. The summed E-state index contributed by atoms with van der Waals surface area (Å²) in [4.78, 5) is 0. The SMILES string of the molecule is C(=C\c1ccc2cc(-c3c4ccccc4c(-c4ccc5cc(/C=C/c6ccccc6)ccc5c4)c4c(-c5ccccc5)cccc34)ccc2c1)/c1ccccc1.C(=C\c1cccc2c(-c3c4ccccc4c(-c4cccc5c(/C=C/c6ccccc6)cccc45)c4c(-c5ccccc5)cccc34)cccc12)/c1ccccc1. The van der Waals surface area contributed by atoms with Crippen LogP contribution in [0.1, 0.15) is 44.5 Å². The van der Waals surface area contributed by atoms with Gasteiger partial charge in [-0.25, -0.2) is 0 Å². The predicted molar refractivity (Wildman–Crippen MR) is 487 cm³/mol. The maximum atomic E-state index is 2.38. The summed E-state index contributed by atoms with van der Waals surface area (Å²) in [7, 11) is 0. The van der Waals surface area contributed by atoms with Gasteiger partial charge in [0.25, 0.3) is 0 Å². The van der Waals surface area contributed by atoms with E-state index in [1.807, 2.05) is 0 Å². The fourth-order valence-electron chi connectivity index (χ4n) is 16.8. The molecule has 0 nitrogen and oxygen atoms in total. The molecule has 0 radical (unpaired) electrons. The van der Waals surface area contributed by atoms with Crippen LogP contribution in [0.4, 0.5) is 0 Å². The minimum absolute atomic E-state index is 1.19. The maximum absolute atomic E-state index is 2.38. The van der Waals surface area contributed by atoms with Crippen LogP contribution in [0.25, 0.3) is 202 Å². The molecule has 0 spiro atoms. The van der Waals surface area contributed by atoms with Gasteiger partial charge in [0, 0.05) is 0 Å². The van der Waals surface area contributed by atoms with Crippen molar-refractivity contribution in [2.75, 3.05) is 0 Å². The summed E-state index contributed by atoms with van der Waals surface area (Å²) >= 11 is 0. The van der Waals surface area contributed by atoms with Crippen molar-refractivity contribution in [2.45, 2.75) is 0 Å². The van der Waals surface area contributed by atoms with Crippen molar-refractivity contribution >= 4 is 135 Å². The number of hydrogen-bond donors (Lipinski definition) is 0. The van der Waals surface area contributed by atoms with E-state index >= 15 is 0 Å². The molecule has 0 aliphatic heterocycles. The van der Waals surface area contributed by atoms with Crippen LogP contribution in [0.5, 0.6) is 0 Å². The first-order valence-corrected chi connectivity index (χ1v) is 38.7. The number of fused-ring (bicyclic) bond motifs is 8. The van der Waals surface area contributed by atoms with Crippen molar-refractivity contribution in [2.24, 2.45) is 0 Å². The Kier molecular flexibility index (Phi) is 18.6. The van der Waals surface area contributed by atoms with Crippen LogP contribution >= 0.6 is 0 Å². The van der Waals surface area contributed by atoms with Gasteiger partial charge in [0.2, 0.25) is 0 Å². The van der Waals surface area contributed by atoms with Gasteiger partial charge in [-0.05, 0) is 222 Å². The first-order valence-electron chi connectivity index (χ1n) is 38.7. The Labute approximate surface area is 654 Å². The average molecular weight is 1420 g/mol. The number of rotatable bonds is 14. The summed E-state index contributed by atoms with van der Waals surface area (Å²) in [6.45, 7) is 0. The molecule has 0 heterocycles. The molecule has 0 atom stereocenters. The highest BCUT2D eigenvalue weighted by atomic mass is 14.3. The highest BCUT2D eigenvalue weighted by Crippen LogP contribution is 2.52. The van der Waals surface area contributed by atoms with Crippen molar-refractivity contribution in [1.82, 2.24) is 0 Å². The molecule has 0 aliphatic rings. The van der Waals surface area contributed by atoms with Crippen molar-refractivity contribution in [3.63, 3.8) is 0 Å². The second-order valence-corrected chi connectivity index (χ2v) is 28.9. The van der Waals surface area contributed by atoms with E-state index in [0.717, 1.165) is 0 Å². The van der Waals surface area contributed by atoms with Gasteiger partial charge in [-0.2, -0.15) is 0 Å². The van der Waals surface area contributed by atoms with E-state index in [4.69, 9.17) is 0 Å². The monoisotopic (exact) mass is 1420 g/mol. The average Bonchev–Trinajstić information content (AvgIpc) is 0.714. The highest BCUT2D eigenvalue weighted by Gasteiger charge is 2.24. The van der Waals surface area contributed by atoms with Gasteiger partial charge in [-0.15, -0.1) is 0 Å². The van der Waals surface area contributed by atoms with Crippen molar-refractivity contribution in [1.29, 1.82) is 0 Å². The van der Waals surface area contributed by atoms with Crippen LogP contribution in [-0.4, -0.2) is 0 Å². The topological polar surface area (TPSA) is 0 Å². The largest absolute Gasteiger partial charge is 0.0622 e. The third kappa shape index (κ3) is 13.5. The van der Waals surface area contributed by atoms with Gasteiger partial charge in [-0.3, -0.25) is 0 Å². The quantitative estimate of drug-likeness (QED) is 0.0752. The van der Waals surface area contributed by atoms with E-state index in [1.54, 1.807) is 0 Å². The molecule has 0 fully saturated rings. The molecule has 0 heteroatoms. The lowest BCUT2D eigenvalue weighted by Gasteiger charge is -2.22. The predicted octanol–water partition coefficient (Wildman–Crippen LogP) is 31.3. The van der Waals surface area contributed by atoms with Crippen molar-refractivity contribution in [3.8, 4) is 66.8 Å². The van der Waals surface area contributed by atoms with Crippen LogP contribution < -0.4 is 0 Å². The summed E-state index contributed by atoms with van der Waals surface area (Å²) in [5.74, 6) is 0. The van der Waals surface area contributed by atoms with E-state index < -0.39 is 0 Å². The Morgan fingerprint density at radius 3 is 0.866 bits per heavy atom. The molecule has 0 aromatic heterocycles. The van der Waals surface area contributed by atoms with E-state index in [-0.39, 0.29) is 0 Å². The Morgan fingerprint density at radius 1 is 0.134 bits per heavy atom.